The third-order valence-electron chi connectivity index (χ3n) is 2.00. The molecule has 0 aliphatic carbocycles. The molecule has 17 heavy (non-hydrogen) atoms. The van der Waals surface area contributed by atoms with E-state index in [-0.39, 0.29) is 5.03 Å². The molecule has 0 fully saturated rings. The SMILES string of the molecule is CC(C)(C)NS(=O)(=O)c1n[nH]c2ncccc12. The number of aromatic nitrogens is 3. The Balaban J connectivity index is 2.54. The average molecular weight is 254 g/mol. The first kappa shape index (κ1) is 12.0. The Morgan fingerprint density at radius 2 is 2.06 bits per heavy atom. The Bertz CT molecular complexity index is 640. The molecule has 0 unspecified atom stereocenters. The van der Waals surface area contributed by atoms with Gasteiger partial charge in [-0.3, -0.25) is 5.10 Å². The second kappa shape index (κ2) is 3.78. The summed E-state index contributed by atoms with van der Waals surface area (Å²) in [5.74, 6) is 0. The Kier molecular flexibility index (Phi) is 2.67. The van der Waals surface area contributed by atoms with E-state index in [4.69, 9.17) is 0 Å². The number of H-pyrrole nitrogens is 1. The molecule has 0 aliphatic rings. The number of pyridine rings is 1. The Morgan fingerprint density at radius 3 is 2.71 bits per heavy atom. The van der Waals surface area contributed by atoms with Gasteiger partial charge in [0.05, 0.1) is 5.39 Å². The number of rotatable bonds is 2. The zero-order valence-electron chi connectivity index (χ0n) is 9.85. The van der Waals surface area contributed by atoms with Crippen molar-refractivity contribution in [3.8, 4) is 0 Å². The molecule has 2 heterocycles. The van der Waals surface area contributed by atoms with E-state index in [1.807, 2.05) is 0 Å². The van der Waals surface area contributed by atoms with Gasteiger partial charge in [0.25, 0.3) is 10.0 Å². The van der Waals surface area contributed by atoms with Crippen LogP contribution in [0.4, 0.5) is 0 Å². The second-order valence-corrected chi connectivity index (χ2v) is 6.38. The molecule has 0 bridgehead atoms. The summed E-state index contributed by atoms with van der Waals surface area (Å²) in [4.78, 5) is 4.00. The lowest BCUT2D eigenvalue weighted by atomic mass is 10.1. The van der Waals surface area contributed by atoms with Crippen LogP contribution in [0.5, 0.6) is 0 Å². The van der Waals surface area contributed by atoms with Crippen LogP contribution in [0.1, 0.15) is 20.8 Å². The first-order chi connectivity index (χ1) is 7.80. The summed E-state index contributed by atoms with van der Waals surface area (Å²) < 4.78 is 26.8. The number of aromatic amines is 1. The van der Waals surface area contributed by atoms with E-state index in [0.29, 0.717) is 11.0 Å². The van der Waals surface area contributed by atoms with Crippen LogP contribution < -0.4 is 4.72 Å². The predicted molar refractivity (Wildman–Crippen MR) is 64.0 cm³/mol. The van der Waals surface area contributed by atoms with Gasteiger partial charge in [-0.2, -0.15) is 5.10 Å². The second-order valence-electron chi connectivity index (χ2n) is 4.78. The molecule has 0 radical (unpaired) electrons. The summed E-state index contributed by atoms with van der Waals surface area (Å²) in [6.07, 6.45) is 1.58. The van der Waals surface area contributed by atoms with Gasteiger partial charge in [-0.25, -0.2) is 18.1 Å². The van der Waals surface area contributed by atoms with Gasteiger partial charge in [0.2, 0.25) is 5.03 Å². The summed E-state index contributed by atoms with van der Waals surface area (Å²) in [5, 5.41) is 6.88. The van der Waals surface area contributed by atoms with Crippen LogP contribution in [0.15, 0.2) is 23.4 Å². The standard InChI is InChI=1S/C10H14N4O2S/c1-10(2,3)14-17(15,16)9-7-5-4-6-11-8(7)12-13-9/h4-6,14H,1-3H3,(H,11,12,13). The summed E-state index contributed by atoms with van der Waals surface area (Å²) in [6.45, 7) is 5.33. The lowest BCUT2D eigenvalue weighted by Gasteiger charge is -2.19. The summed E-state index contributed by atoms with van der Waals surface area (Å²) in [5.41, 5.74) is -0.0893. The minimum absolute atomic E-state index is 0.0180. The van der Waals surface area contributed by atoms with E-state index in [0.717, 1.165) is 0 Å². The maximum absolute atomic E-state index is 12.1. The molecule has 2 aromatic rings. The van der Waals surface area contributed by atoms with E-state index in [9.17, 15) is 8.42 Å². The van der Waals surface area contributed by atoms with Gasteiger partial charge >= 0.3 is 0 Å². The van der Waals surface area contributed by atoms with Crippen LogP contribution in [-0.2, 0) is 10.0 Å². The molecule has 0 spiro atoms. The number of hydrogen-bond donors (Lipinski definition) is 2. The molecule has 92 valence electrons. The fourth-order valence-electron chi connectivity index (χ4n) is 1.49. The zero-order chi connectivity index (χ0) is 12.7. The normalized spacial score (nSPS) is 13.1. The topological polar surface area (TPSA) is 87.7 Å². The van der Waals surface area contributed by atoms with E-state index in [2.05, 4.69) is 19.9 Å². The molecule has 0 amide bonds. The van der Waals surface area contributed by atoms with Crippen LogP contribution in [0.2, 0.25) is 0 Å². The molecule has 2 rings (SSSR count). The number of nitrogens with zero attached hydrogens (tertiary/aromatic N) is 2. The van der Waals surface area contributed by atoms with Crippen molar-refractivity contribution in [3.05, 3.63) is 18.3 Å². The third kappa shape index (κ3) is 2.45. The maximum atomic E-state index is 12.1. The van der Waals surface area contributed by atoms with Crippen molar-refractivity contribution in [2.45, 2.75) is 31.3 Å². The van der Waals surface area contributed by atoms with Crippen molar-refractivity contribution < 1.29 is 8.42 Å². The lowest BCUT2D eigenvalue weighted by molar-refractivity contribution is 0.490. The highest BCUT2D eigenvalue weighted by atomic mass is 32.2. The quantitative estimate of drug-likeness (QED) is 0.838. The van der Waals surface area contributed by atoms with Crippen molar-refractivity contribution >= 4 is 21.1 Å². The molecule has 0 atom stereocenters. The van der Waals surface area contributed by atoms with Crippen molar-refractivity contribution in [1.29, 1.82) is 0 Å². The van der Waals surface area contributed by atoms with Crippen molar-refractivity contribution in [1.82, 2.24) is 19.9 Å². The summed E-state index contributed by atoms with van der Waals surface area (Å²) >= 11 is 0. The molecule has 0 aliphatic heterocycles. The van der Waals surface area contributed by atoms with Gasteiger partial charge in [0, 0.05) is 11.7 Å². The Hall–Kier alpha value is -1.47. The van der Waals surface area contributed by atoms with Gasteiger partial charge in [-0.1, -0.05) is 0 Å². The highest BCUT2D eigenvalue weighted by molar-refractivity contribution is 7.89. The number of hydrogen-bond acceptors (Lipinski definition) is 4. The molecule has 2 N–H and O–H groups in total. The monoisotopic (exact) mass is 254 g/mol. The van der Waals surface area contributed by atoms with E-state index >= 15 is 0 Å². The third-order valence-corrected chi connectivity index (χ3v) is 3.70. The van der Waals surface area contributed by atoms with Crippen LogP contribution >= 0.6 is 0 Å². The minimum atomic E-state index is -3.63. The van der Waals surface area contributed by atoms with Gasteiger partial charge in [0.1, 0.15) is 0 Å². The number of sulfonamides is 1. The summed E-state index contributed by atoms with van der Waals surface area (Å²) in [7, 11) is -3.63. The molecule has 0 saturated carbocycles. The molecule has 0 aromatic carbocycles. The average Bonchev–Trinajstić information content (AvgIpc) is 2.57. The molecule has 2 aromatic heterocycles. The van der Waals surface area contributed by atoms with Crippen LogP contribution in [0, 0.1) is 0 Å². The van der Waals surface area contributed by atoms with Gasteiger partial charge in [-0.15, -0.1) is 0 Å². The van der Waals surface area contributed by atoms with Gasteiger partial charge < -0.3 is 0 Å². The van der Waals surface area contributed by atoms with Crippen molar-refractivity contribution in [3.63, 3.8) is 0 Å². The van der Waals surface area contributed by atoms with Gasteiger partial charge in [0.15, 0.2) is 5.65 Å². The summed E-state index contributed by atoms with van der Waals surface area (Å²) in [6, 6.07) is 3.34. The van der Waals surface area contributed by atoms with Crippen LogP contribution in [0.25, 0.3) is 11.0 Å². The van der Waals surface area contributed by atoms with E-state index < -0.39 is 15.6 Å². The Labute approximate surface area is 99.5 Å². The van der Waals surface area contributed by atoms with Crippen molar-refractivity contribution in [2.75, 3.05) is 0 Å². The molecule has 6 nitrogen and oxygen atoms in total. The number of nitrogens with one attached hydrogen (secondary N) is 2. The van der Waals surface area contributed by atoms with E-state index in [1.165, 1.54) is 0 Å². The van der Waals surface area contributed by atoms with Crippen LogP contribution in [0.3, 0.4) is 0 Å². The zero-order valence-corrected chi connectivity index (χ0v) is 10.7. The molecular weight excluding hydrogens is 240 g/mol. The highest BCUT2D eigenvalue weighted by Gasteiger charge is 2.26. The highest BCUT2D eigenvalue weighted by Crippen LogP contribution is 2.19. The van der Waals surface area contributed by atoms with Crippen molar-refractivity contribution in [2.24, 2.45) is 0 Å². The Morgan fingerprint density at radius 1 is 1.35 bits per heavy atom. The number of fused-ring (bicyclic) bond motifs is 1. The van der Waals surface area contributed by atoms with Gasteiger partial charge in [-0.05, 0) is 32.9 Å². The predicted octanol–water partition coefficient (Wildman–Crippen LogP) is 1.03. The van der Waals surface area contributed by atoms with Crippen LogP contribution in [-0.4, -0.2) is 29.1 Å². The first-order valence-electron chi connectivity index (χ1n) is 5.13. The lowest BCUT2D eigenvalue weighted by Crippen LogP contribution is -2.40. The van der Waals surface area contributed by atoms with E-state index in [1.54, 1.807) is 39.1 Å². The molecule has 0 saturated heterocycles. The maximum Gasteiger partial charge on any atom is 0.261 e. The fourth-order valence-corrected chi connectivity index (χ4v) is 3.01. The largest absolute Gasteiger partial charge is 0.261 e. The minimum Gasteiger partial charge on any atom is -0.259 e. The smallest absolute Gasteiger partial charge is 0.259 e. The molecular formula is C10H14N4O2S. The molecule has 7 heteroatoms. The first-order valence-corrected chi connectivity index (χ1v) is 6.61. The fraction of sp³-hybridized carbons (Fsp3) is 0.400.